The molecule has 102 valence electrons. The summed E-state index contributed by atoms with van der Waals surface area (Å²) in [6.45, 7) is 8.87. The third-order valence-electron chi connectivity index (χ3n) is 4.69. The summed E-state index contributed by atoms with van der Waals surface area (Å²) in [5.41, 5.74) is 6.48. The number of rotatable bonds is 6. The van der Waals surface area contributed by atoms with Crippen LogP contribution >= 0.6 is 0 Å². The zero-order chi connectivity index (χ0) is 13.0. The van der Waals surface area contributed by atoms with Crippen LogP contribution in [0.5, 0.6) is 0 Å². The molecular weight excluding hydrogens is 210 g/mol. The summed E-state index contributed by atoms with van der Waals surface area (Å²) >= 11 is 0. The third-order valence-corrected chi connectivity index (χ3v) is 4.69. The van der Waals surface area contributed by atoms with Crippen molar-refractivity contribution in [2.75, 3.05) is 0 Å². The summed E-state index contributed by atoms with van der Waals surface area (Å²) in [5, 5.41) is 10.3. The van der Waals surface area contributed by atoms with Crippen LogP contribution in [0, 0.1) is 23.7 Å². The molecule has 1 rings (SSSR count). The van der Waals surface area contributed by atoms with E-state index in [4.69, 9.17) is 5.73 Å². The van der Waals surface area contributed by atoms with Crippen molar-refractivity contribution in [2.45, 2.75) is 71.9 Å². The largest absolute Gasteiger partial charge is 0.392 e. The van der Waals surface area contributed by atoms with Crippen LogP contribution in [0.1, 0.15) is 59.8 Å². The highest BCUT2D eigenvalue weighted by Crippen LogP contribution is 2.40. The second kappa shape index (κ2) is 6.75. The molecule has 5 atom stereocenters. The summed E-state index contributed by atoms with van der Waals surface area (Å²) in [4.78, 5) is 0. The van der Waals surface area contributed by atoms with Gasteiger partial charge < -0.3 is 10.8 Å². The maximum Gasteiger partial charge on any atom is 0.0611 e. The van der Waals surface area contributed by atoms with Gasteiger partial charge in [0.05, 0.1) is 6.10 Å². The van der Waals surface area contributed by atoms with Gasteiger partial charge in [-0.1, -0.05) is 40.5 Å². The van der Waals surface area contributed by atoms with Crippen LogP contribution < -0.4 is 5.73 Å². The van der Waals surface area contributed by atoms with E-state index in [1.54, 1.807) is 0 Å². The van der Waals surface area contributed by atoms with Gasteiger partial charge in [0, 0.05) is 12.0 Å². The van der Waals surface area contributed by atoms with Crippen LogP contribution in [-0.2, 0) is 0 Å². The normalized spacial score (nSPS) is 35.5. The molecule has 0 amide bonds. The molecule has 0 aromatic heterocycles. The van der Waals surface area contributed by atoms with E-state index in [9.17, 15) is 5.11 Å². The quantitative estimate of drug-likeness (QED) is 0.750. The fourth-order valence-corrected chi connectivity index (χ4v) is 3.79. The Hall–Kier alpha value is -0.0800. The van der Waals surface area contributed by atoms with Crippen LogP contribution in [0.15, 0.2) is 0 Å². The first kappa shape index (κ1) is 15.0. The molecule has 1 aliphatic carbocycles. The van der Waals surface area contributed by atoms with Gasteiger partial charge in [0.1, 0.15) is 0 Å². The molecule has 0 spiro atoms. The summed E-state index contributed by atoms with van der Waals surface area (Å²) in [7, 11) is 0. The molecule has 0 saturated heterocycles. The predicted molar refractivity (Wildman–Crippen MR) is 73.7 cm³/mol. The minimum absolute atomic E-state index is 0.184. The van der Waals surface area contributed by atoms with E-state index >= 15 is 0 Å². The number of aliphatic hydroxyl groups is 1. The Morgan fingerprint density at radius 3 is 2.00 bits per heavy atom. The average molecular weight is 241 g/mol. The maximum absolute atomic E-state index is 10.3. The second-order valence-electron chi connectivity index (χ2n) is 6.17. The standard InChI is InChI=1S/C15H31NO/c1-5-7-12(8-6-2)14(16)13-10(3)9-11(4)15(13)17/h10-15,17H,5-9,16H2,1-4H3/t10-,11+,13-,14?,15-/m1/s1. The van der Waals surface area contributed by atoms with Crippen molar-refractivity contribution in [1.29, 1.82) is 0 Å². The molecule has 1 unspecified atom stereocenters. The molecule has 1 aliphatic rings. The van der Waals surface area contributed by atoms with Crippen molar-refractivity contribution in [3.63, 3.8) is 0 Å². The Kier molecular flexibility index (Phi) is 5.94. The Labute approximate surface area is 107 Å². The van der Waals surface area contributed by atoms with E-state index < -0.39 is 0 Å². The smallest absolute Gasteiger partial charge is 0.0611 e. The molecule has 0 aliphatic heterocycles. The summed E-state index contributed by atoms with van der Waals surface area (Å²) in [5.74, 6) is 1.90. The van der Waals surface area contributed by atoms with Crippen LogP contribution in [0.4, 0.5) is 0 Å². The van der Waals surface area contributed by atoms with Crippen molar-refractivity contribution < 1.29 is 5.11 Å². The Morgan fingerprint density at radius 1 is 1.12 bits per heavy atom. The molecular formula is C15H31NO. The summed E-state index contributed by atoms with van der Waals surface area (Å²) in [6, 6.07) is 0.185. The fraction of sp³-hybridized carbons (Fsp3) is 1.00. The molecule has 2 nitrogen and oxygen atoms in total. The van der Waals surface area contributed by atoms with Crippen LogP contribution in [0.25, 0.3) is 0 Å². The molecule has 17 heavy (non-hydrogen) atoms. The highest BCUT2D eigenvalue weighted by atomic mass is 16.3. The van der Waals surface area contributed by atoms with Gasteiger partial charge in [0.25, 0.3) is 0 Å². The van der Waals surface area contributed by atoms with Crippen molar-refractivity contribution in [3.05, 3.63) is 0 Å². The fourth-order valence-electron chi connectivity index (χ4n) is 3.79. The number of nitrogens with two attached hydrogens (primary N) is 1. The van der Waals surface area contributed by atoms with Crippen LogP contribution in [-0.4, -0.2) is 17.3 Å². The van der Waals surface area contributed by atoms with Crippen LogP contribution in [0.2, 0.25) is 0 Å². The van der Waals surface area contributed by atoms with Gasteiger partial charge >= 0.3 is 0 Å². The summed E-state index contributed by atoms with van der Waals surface area (Å²) in [6.07, 6.45) is 5.76. The van der Waals surface area contributed by atoms with Crippen molar-refractivity contribution in [3.8, 4) is 0 Å². The minimum atomic E-state index is -0.184. The van der Waals surface area contributed by atoms with Gasteiger partial charge in [-0.25, -0.2) is 0 Å². The number of hydrogen-bond acceptors (Lipinski definition) is 2. The van der Waals surface area contributed by atoms with Gasteiger partial charge in [-0.05, 0) is 37.0 Å². The van der Waals surface area contributed by atoms with Crippen molar-refractivity contribution in [1.82, 2.24) is 0 Å². The number of aliphatic hydroxyl groups excluding tert-OH is 1. The summed E-state index contributed by atoms with van der Waals surface area (Å²) < 4.78 is 0. The van der Waals surface area contributed by atoms with Crippen molar-refractivity contribution in [2.24, 2.45) is 29.4 Å². The lowest BCUT2D eigenvalue weighted by Gasteiger charge is -2.33. The van der Waals surface area contributed by atoms with Gasteiger partial charge in [0.15, 0.2) is 0 Å². The monoisotopic (exact) mass is 241 g/mol. The molecule has 1 saturated carbocycles. The lowest BCUT2D eigenvalue weighted by atomic mass is 9.78. The van der Waals surface area contributed by atoms with Gasteiger partial charge in [-0.3, -0.25) is 0 Å². The number of hydrogen-bond donors (Lipinski definition) is 2. The van der Waals surface area contributed by atoms with E-state index in [1.165, 1.54) is 25.7 Å². The van der Waals surface area contributed by atoms with Gasteiger partial charge in [0.2, 0.25) is 0 Å². The zero-order valence-corrected chi connectivity index (χ0v) is 12.0. The SMILES string of the molecule is CCCC(CCC)C(N)[C@@H]1[C@H](O)[C@@H](C)C[C@H]1C. The van der Waals surface area contributed by atoms with E-state index in [-0.39, 0.29) is 12.1 Å². The Bertz CT molecular complexity index is 213. The molecule has 0 aromatic rings. The topological polar surface area (TPSA) is 46.2 Å². The molecule has 0 aromatic carbocycles. The zero-order valence-electron chi connectivity index (χ0n) is 12.0. The molecule has 1 fully saturated rings. The van der Waals surface area contributed by atoms with Gasteiger partial charge in [-0.2, -0.15) is 0 Å². The first-order valence-corrected chi connectivity index (χ1v) is 7.46. The lowest BCUT2D eigenvalue weighted by Crippen LogP contribution is -2.44. The van der Waals surface area contributed by atoms with Crippen LogP contribution in [0.3, 0.4) is 0 Å². The van der Waals surface area contributed by atoms with E-state index in [0.29, 0.717) is 23.7 Å². The van der Waals surface area contributed by atoms with E-state index in [1.807, 2.05) is 0 Å². The molecule has 0 bridgehead atoms. The first-order chi connectivity index (χ1) is 8.02. The molecule has 0 heterocycles. The second-order valence-corrected chi connectivity index (χ2v) is 6.17. The molecule has 3 N–H and O–H groups in total. The minimum Gasteiger partial charge on any atom is -0.392 e. The Morgan fingerprint density at radius 2 is 1.65 bits per heavy atom. The first-order valence-electron chi connectivity index (χ1n) is 7.46. The molecule has 2 heteroatoms. The average Bonchev–Trinajstić information content (AvgIpc) is 2.52. The molecule has 0 radical (unpaired) electrons. The Balaban J connectivity index is 2.68. The highest BCUT2D eigenvalue weighted by molar-refractivity contribution is 4.94. The van der Waals surface area contributed by atoms with Gasteiger partial charge in [-0.15, -0.1) is 0 Å². The lowest BCUT2D eigenvalue weighted by molar-refractivity contribution is 0.0619. The van der Waals surface area contributed by atoms with E-state index in [0.717, 1.165) is 6.42 Å². The highest BCUT2D eigenvalue weighted by Gasteiger charge is 2.42. The maximum atomic E-state index is 10.3. The van der Waals surface area contributed by atoms with Crippen molar-refractivity contribution >= 4 is 0 Å². The third kappa shape index (κ3) is 3.45. The van der Waals surface area contributed by atoms with E-state index in [2.05, 4.69) is 27.7 Å². The predicted octanol–water partition coefficient (Wildman–Crippen LogP) is 3.18.